The fourth-order valence-corrected chi connectivity index (χ4v) is 4.50. The molecule has 160 valence electrons. The molecule has 1 N–H and O–H groups in total. The lowest BCUT2D eigenvalue weighted by Crippen LogP contribution is -2.49. The van der Waals surface area contributed by atoms with E-state index in [1.165, 1.54) is 5.56 Å². The van der Waals surface area contributed by atoms with Gasteiger partial charge in [-0.3, -0.25) is 9.89 Å². The average Bonchev–Trinajstić information content (AvgIpc) is 3.26. The van der Waals surface area contributed by atoms with Crippen LogP contribution in [0.2, 0.25) is 0 Å². The second-order valence-electron chi connectivity index (χ2n) is 7.13. The number of piperidine rings is 1. The number of methoxy groups -OCH3 is 1. The van der Waals surface area contributed by atoms with Gasteiger partial charge in [-0.1, -0.05) is 13.8 Å². The summed E-state index contributed by atoms with van der Waals surface area (Å²) >= 11 is 1.77. The molecule has 0 saturated carbocycles. The predicted octanol–water partition coefficient (Wildman–Crippen LogP) is 3.22. The molecule has 1 aliphatic heterocycles. The van der Waals surface area contributed by atoms with Crippen LogP contribution < -0.4 is 5.32 Å². The van der Waals surface area contributed by atoms with Crippen LogP contribution in [0.5, 0.6) is 0 Å². The van der Waals surface area contributed by atoms with Crippen LogP contribution >= 0.6 is 11.3 Å². The maximum absolute atomic E-state index is 5.98. The van der Waals surface area contributed by atoms with Crippen molar-refractivity contribution in [2.24, 2.45) is 4.99 Å². The Bertz CT molecular complexity index is 541. The van der Waals surface area contributed by atoms with Gasteiger partial charge >= 0.3 is 0 Å². The number of likely N-dealkylation sites (tertiary alicyclic amines) is 1. The molecule has 0 bridgehead atoms. The van der Waals surface area contributed by atoms with Crippen LogP contribution in [0, 0.1) is 0 Å². The normalized spacial score (nSPS) is 17.3. The van der Waals surface area contributed by atoms with Crippen LogP contribution in [-0.4, -0.2) is 82.0 Å². The standard InChI is InChI=1S/C21H38N4O2S/c1-5-24(6-2)20(18-10-15-28-17-18)16-23-21(22-3)25-11-8-19(9-12-25)27-14-7-13-26-4/h10,15,17,19-20H,5-9,11-14,16H2,1-4H3,(H,22,23). The summed E-state index contributed by atoms with van der Waals surface area (Å²) in [6.45, 7) is 11.0. The minimum atomic E-state index is 0.362. The van der Waals surface area contributed by atoms with Gasteiger partial charge in [-0.25, -0.2) is 0 Å². The molecule has 1 saturated heterocycles. The number of likely N-dealkylation sites (N-methyl/N-ethyl adjacent to an activating group) is 1. The zero-order valence-corrected chi connectivity index (χ0v) is 18.8. The first-order valence-corrected chi connectivity index (χ1v) is 11.5. The second kappa shape index (κ2) is 13.1. The number of aliphatic imine (C=N–C) groups is 1. The van der Waals surface area contributed by atoms with Crippen LogP contribution in [0.25, 0.3) is 0 Å². The first kappa shape index (κ1) is 23.1. The number of thiophene rings is 1. The zero-order chi connectivity index (χ0) is 20.2. The molecule has 0 aromatic carbocycles. The number of guanidine groups is 1. The number of hydrogen-bond donors (Lipinski definition) is 1. The largest absolute Gasteiger partial charge is 0.385 e. The van der Waals surface area contributed by atoms with Gasteiger partial charge in [-0.2, -0.15) is 11.3 Å². The number of hydrogen-bond acceptors (Lipinski definition) is 5. The molecule has 2 heterocycles. The number of nitrogens with zero attached hydrogens (tertiary/aromatic N) is 3. The van der Waals surface area contributed by atoms with Gasteiger partial charge < -0.3 is 19.7 Å². The van der Waals surface area contributed by atoms with Gasteiger partial charge in [0, 0.05) is 47.0 Å². The third-order valence-electron chi connectivity index (χ3n) is 5.43. The van der Waals surface area contributed by atoms with Crippen LogP contribution in [0.3, 0.4) is 0 Å². The van der Waals surface area contributed by atoms with E-state index in [2.05, 4.69) is 50.8 Å². The van der Waals surface area contributed by atoms with Crippen molar-refractivity contribution in [3.63, 3.8) is 0 Å². The lowest BCUT2D eigenvalue weighted by atomic mass is 10.1. The van der Waals surface area contributed by atoms with Crippen molar-refractivity contribution in [1.29, 1.82) is 0 Å². The molecule has 6 nitrogen and oxygen atoms in total. The van der Waals surface area contributed by atoms with Crippen molar-refractivity contribution < 1.29 is 9.47 Å². The summed E-state index contributed by atoms with van der Waals surface area (Å²) in [7, 11) is 3.62. The Kier molecular flexibility index (Phi) is 10.9. The summed E-state index contributed by atoms with van der Waals surface area (Å²) in [6, 6.07) is 2.62. The third kappa shape index (κ3) is 7.03. The molecule has 2 rings (SSSR count). The topological polar surface area (TPSA) is 49.3 Å². The van der Waals surface area contributed by atoms with E-state index in [-0.39, 0.29) is 0 Å². The Labute approximate surface area is 174 Å². The SMILES string of the molecule is CCN(CC)C(CNC(=NC)N1CCC(OCCCOC)CC1)c1ccsc1. The van der Waals surface area contributed by atoms with Crippen molar-refractivity contribution in [1.82, 2.24) is 15.1 Å². The fourth-order valence-electron chi connectivity index (χ4n) is 3.79. The molecule has 1 fully saturated rings. The van der Waals surface area contributed by atoms with Gasteiger partial charge in [0.25, 0.3) is 0 Å². The van der Waals surface area contributed by atoms with E-state index >= 15 is 0 Å². The molecule has 1 aliphatic rings. The number of rotatable bonds is 11. The zero-order valence-electron chi connectivity index (χ0n) is 18.0. The predicted molar refractivity (Wildman–Crippen MR) is 118 cm³/mol. The van der Waals surface area contributed by atoms with E-state index in [0.29, 0.717) is 12.1 Å². The van der Waals surface area contributed by atoms with Crippen molar-refractivity contribution in [2.45, 2.75) is 45.3 Å². The Morgan fingerprint density at radius 2 is 2.07 bits per heavy atom. The summed E-state index contributed by atoms with van der Waals surface area (Å²) in [5.74, 6) is 1.00. The van der Waals surface area contributed by atoms with Gasteiger partial charge in [0.2, 0.25) is 0 Å². The molecule has 28 heavy (non-hydrogen) atoms. The van der Waals surface area contributed by atoms with Gasteiger partial charge in [-0.05, 0) is 54.7 Å². The Hall–Kier alpha value is -1.15. The Balaban J connectivity index is 1.83. The fraction of sp³-hybridized carbons (Fsp3) is 0.762. The first-order chi connectivity index (χ1) is 13.7. The van der Waals surface area contributed by atoms with Gasteiger partial charge in [0.1, 0.15) is 0 Å². The molecular weight excluding hydrogens is 372 g/mol. The number of ether oxygens (including phenoxy) is 2. The third-order valence-corrected chi connectivity index (χ3v) is 6.14. The van der Waals surface area contributed by atoms with E-state index in [1.807, 2.05) is 7.05 Å². The van der Waals surface area contributed by atoms with Crippen LogP contribution in [0.4, 0.5) is 0 Å². The highest BCUT2D eigenvalue weighted by Crippen LogP contribution is 2.22. The maximum Gasteiger partial charge on any atom is 0.193 e. The summed E-state index contributed by atoms with van der Waals surface area (Å²) in [4.78, 5) is 9.41. The highest BCUT2D eigenvalue weighted by Gasteiger charge is 2.24. The molecule has 0 spiro atoms. The number of nitrogens with one attached hydrogen (secondary N) is 1. The van der Waals surface area contributed by atoms with Gasteiger partial charge in [0.05, 0.1) is 12.1 Å². The first-order valence-electron chi connectivity index (χ1n) is 10.6. The van der Waals surface area contributed by atoms with Crippen molar-refractivity contribution >= 4 is 17.3 Å². The van der Waals surface area contributed by atoms with E-state index in [9.17, 15) is 0 Å². The lowest BCUT2D eigenvalue weighted by molar-refractivity contribution is 0.00985. The highest BCUT2D eigenvalue weighted by atomic mass is 32.1. The second-order valence-corrected chi connectivity index (χ2v) is 7.91. The lowest BCUT2D eigenvalue weighted by Gasteiger charge is -2.36. The van der Waals surface area contributed by atoms with Crippen molar-refractivity contribution in [2.75, 3.05) is 60.1 Å². The molecule has 0 aliphatic carbocycles. The van der Waals surface area contributed by atoms with E-state index < -0.39 is 0 Å². The van der Waals surface area contributed by atoms with E-state index in [1.54, 1.807) is 18.4 Å². The molecule has 1 atom stereocenters. The van der Waals surface area contributed by atoms with Gasteiger partial charge in [-0.15, -0.1) is 0 Å². The minimum absolute atomic E-state index is 0.362. The summed E-state index contributed by atoms with van der Waals surface area (Å²) < 4.78 is 11.1. The summed E-state index contributed by atoms with van der Waals surface area (Å²) in [5, 5.41) is 8.06. The highest BCUT2D eigenvalue weighted by molar-refractivity contribution is 7.07. The Morgan fingerprint density at radius 3 is 2.64 bits per heavy atom. The molecular formula is C21H38N4O2S. The molecule has 1 aromatic heterocycles. The Morgan fingerprint density at radius 1 is 1.32 bits per heavy atom. The van der Waals surface area contributed by atoms with Crippen LogP contribution in [-0.2, 0) is 9.47 Å². The maximum atomic E-state index is 5.98. The molecule has 0 radical (unpaired) electrons. The smallest absolute Gasteiger partial charge is 0.193 e. The average molecular weight is 411 g/mol. The van der Waals surface area contributed by atoms with E-state index in [0.717, 1.165) is 71.2 Å². The molecule has 7 heteroatoms. The minimum Gasteiger partial charge on any atom is -0.385 e. The van der Waals surface area contributed by atoms with E-state index in [4.69, 9.17) is 9.47 Å². The van der Waals surface area contributed by atoms with Crippen LogP contribution in [0.1, 0.15) is 44.7 Å². The van der Waals surface area contributed by atoms with Crippen molar-refractivity contribution in [3.8, 4) is 0 Å². The molecule has 0 amide bonds. The van der Waals surface area contributed by atoms with Crippen LogP contribution in [0.15, 0.2) is 21.8 Å². The summed E-state index contributed by atoms with van der Waals surface area (Å²) in [6.07, 6.45) is 3.44. The quantitative estimate of drug-likeness (QED) is 0.345. The summed E-state index contributed by atoms with van der Waals surface area (Å²) in [5.41, 5.74) is 1.39. The monoisotopic (exact) mass is 410 g/mol. The van der Waals surface area contributed by atoms with Gasteiger partial charge in [0.15, 0.2) is 5.96 Å². The molecule has 1 unspecified atom stereocenters. The molecule has 1 aromatic rings. The van der Waals surface area contributed by atoms with Crippen molar-refractivity contribution in [3.05, 3.63) is 22.4 Å².